The first-order valence-electron chi connectivity index (χ1n) is 7.47. The van der Waals surface area contributed by atoms with Gasteiger partial charge in [-0.3, -0.25) is 9.59 Å². The number of anilines is 1. The molecule has 0 radical (unpaired) electrons. The lowest BCUT2D eigenvalue weighted by atomic mass is 10.2. The summed E-state index contributed by atoms with van der Waals surface area (Å²) < 4.78 is 5.35. The molecule has 0 aliphatic carbocycles. The monoisotopic (exact) mass is 346 g/mol. The molecule has 2 rings (SSSR count). The number of hydrogen-bond donors (Lipinski definition) is 2. The summed E-state index contributed by atoms with van der Waals surface area (Å²) in [6.45, 7) is 3.50. The summed E-state index contributed by atoms with van der Waals surface area (Å²) in [5.74, 6) is -0.0904. The lowest BCUT2D eigenvalue weighted by Gasteiger charge is -2.10. The second-order valence-corrected chi connectivity index (χ2v) is 5.75. The molecule has 0 unspecified atom stereocenters. The van der Waals surface area contributed by atoms with E-state index in [4.69, 9.17) is 16.3 Å². The number of hydrogen-bond acceptors (Lipinski definition) is 3. The first-order valence-corrected chi connectivity index (χ1v) is 7.84. The van der Waals surface area contributed by atoms with Crippen LogP contribution in [0.3, 0.4) is 0 Å². The van der Waals surface area contributed by atoms with Crippen LogP contribution in [0.25, 0.3) is 0 Å². The van der Waals surface area contributed by atoms with Crippen molar-refractivity contribution in [2.45, 2.75) is 13.8 Å². The highest BCUT2D eigenvalue weighted by atomic mass is 35.5. The Kier molecular flexibility index (Phi) is 6.21. The average molecular weight is 347 g/mol. The fourth-order valence-electron chi connectivity index (χ4n) is 1.95. The molecule has 0 aromatic heterocycles. The van der Waals surface area contributed by atoms with Crippen LogP contribution in [0.15, 0.2) is 42.5 Å². The third kappa shape index (κ3) is 5.28. The van der Waals surface area contributed by atoms with Crippen LogP contribution in [0.2, 0.25) is 5.02 Å². The van der Waals surface area contributed by atoms with E-state index in [1.165, 1.54) is 0 Å². The summed E-state index contributed by atoms with van der Waals surface area (Å²) in [4.78, 5) is 23.6. The van der Waals surface area contributed by atoms with Crippen LogP contribution in [-0.2, 0) is 9.59 Å². The van der Waals surface area contributed by atoms with Crippen LogP contribution in [0.1, 0.15) is 11.1 Å². The van der Waals surface area contributed by atoms with E-state index in [0.29, 0.717) is 16.5 Å². The van der Waals surface area contributed by atoms with E-state index in [-0.39, 0.29) is 25.0 Å². The summed E-state index contributed by atoms with van der Waals surface area (Å²) in [5.41, 5.74) is 2.51. The van der Waals surface area contributed by atoms with Gasteiger partial charge in [0, 0.05) is 10.7 Å². The molecule has 2 aromatic carbocycles. The van der Waals surface area contributed by atoms with E-state index in [0.717, 1.165) is 11.1 Å². The fourth-order valence-corrected chi connectivity index (χ4v) is 2.13. The molecule has 0 saturated heterocycles. The Balaban J connectivity index is 1.75. The largest absolute Gasteiger partial charge is 0.484 e. The average Bonchev–Trinajstić information content (AvgIpc) is 2.56. The highest BCUT2D eigenvalue weighted by Gasteiger charge is 2.09. The number of ether oxygens (including phenoxy) is 1. The molecule has 126 valence electrons. The van der Waals surface area contributed by atoms with Crippen molar-refractivity contribution in [3.63, 3.8) is 0 Å². The Bertz CT molecular complexity index is 730. The zero-order valence-corrected chi connectivity index (χ0v) is 14.3. The minimum absolute atomic E-state index is 0.137. The molecular formula is C18H19ClN2O3. The van der Waals surface area contributed by atoms with Crippen molar-refractivity contribution in [2.75, 3.05) is 18.5 Å². The molecule has 5 nitrogen and oxygen atoms in total. The summed E-state index contributed by atoms with van der Waals surface area (Å²) in [7, 11) is 0. The standard InChI is InChI=1S/C18H19ClN2O3/c1-12-6-8-14(9-7-12)24-11-18(23)20-10-17(22)21-16-5-3-4-15(19)13(16)2/h3-9H,10-11H2,1-2H3,(H,20,23)(H,21,22). The number of rotatable bonds is 6. The lowest BCUT2D eigenvalue weighted by Crippen LogP contribution is -2.35. The van der Waals surface area contributed by atoms with Crippen molar-refractivity contribution < 1.29 is 14.3 Å². The summed E-state index contributed by atoms with van der Waals surface area (Å²) in [5, 5.41) is 5.79. The SMILES string of the molecule is Cc1ccc(OCC(=O)NCC(=O)Nc2cccc(Cl)c2C)cc1. The minimum atomic E-state index is -0.367. The third-order valence-electron chi connectivity index (χ3n) is 3.38. The van der Waals surface area contributed by atoms with Crippen LogP contribution in [0.5, 0.6) is 5.75 Å². The summed E-state index contributed by atoms with van der Waals surface area (Å²) in [6.07, 6.45) is 0. The molecule has 0 saturated carbocycles. The molecule has 0 aliphatic rings. The fraction of sp³-hybridized carbons (Fsp3) is 0.222. The Morgan fingerprint density at radius 2 is 1.75 bits per heavy atom. The Hall–Kier alpha value is -2.53. The molecule has 2 amide bonds. The molecule has 2 aromatic rings. The number of halogens is 1. The Morgan fingerprint density at radius 1 is 1.04 bits per heavy atom. The molecule has 0 aliphatic heterocycles. The van der Waals surface area contributed by atoms with Gasteiger partial charge < -0.3 is 15.4 Å². The van der Waals surface area contributed by atoms with Gasteiger partial charge in [-0.25, -0.2) is 0 Å². The first-order chi connectivity index (χ1) is 11.5. The number of aryl methyl sites for hydroxylation is 1. The molecule has 2 N–H and O–H groups in total. The normalized spacial score (nSPS) is 10.1. The number of nitrogens with one attached hydrogen (secondary N) is 2. The van der Waals surface area contributed by atoms with Crippen molar-refractivity contribution in [2.24, 2.45) is 0 Å². The molecule has 24 heavy (non-hydrogen) atoms. The molecule has 0 heterocycles. The highest BCUT2D eigenvalue weighted by Crippen LogP contribution is 2.22. The van der Waals surface area contributed by atoms with Crippen molar-refractivity contribution in [1.82, 2.24) is 5.32 Å². The van der Waals surface area contributed by atoms with Gasteiger partial charge in [0.1, 0.15) is 5.75 Å². The van der Waals surface area contributed by atoms with Gasteiger partial charge in [-0.1, -0.05) is 35.4 Å². The van der Waals surface area contributed by atoms with E-state index in [9.17, 15) is 9.59 Å². The highest BCUT2D eigenvalue weighted by molar-refractivity contribution is 6.31. The topological polar surface area (TPSA) is 67.4 Å². The van der Waals surface area contributed by atoms with Gasteiger partial charge in [0.2, 0.25) is 5.91 Å². The zero-order chi connectivity index (χ0) is 17.5. The maximum absolute atomic E-state index is 11.9. The van der Waals surface area contributed by atoms with E-state index >= 15 is 0 Å². The van der Waals surface area contributed by atoms with Crippen LogP contribution >= 0.6 is 11.6 Å². The maximum atomic E-state index is 11.9. The zero-order valence-electron chi connectivity index (χ0n) is 13.6. The first kappa shape index (κ1) is 17.8. The predicted molar refractivity (Wildman–Crippen MR) is 94.5 cm³/mol. The van der Waals surface area contributed by atoms with Crippen LogP contribution < -0.4 is 15.4 Å². The summed E-state index contributed by atoms with van der Waals surface area (Å²) in [6, 6.07) is 12.6. The summed E-state index contributed by atoms with van der Waals surface area (Å²) >= 11 is 6.00. The lowest BCUT2D eigenvalue weighted by molar-refractivity contribution is -0.125. The minimum Gasteiger partial charge on any atom is -0.484 e. The Morgan fingerprint density at radius 3 is 2.46 bits per heavy atom. The van der Waals surface area contributed by atoms with Gasteiger partial charge in [-0.05, 0) is 43.7 Å². The van der Waals surface area contributed by atoms with Crippen LogP contribution in [0.4, 0.5) is 5.69 Å². The van der Waals surface area contributed by atoms with E-state index in [2.05, 4.69) is 10.6 Å². The molecule has 0 fully saturated rings. The number of carbonyl (C=O) groups excluding carboxylic acids is 2. The van der Waals surface area contributed by atoms with Crippen molar-refractivity contribution >= 4 is 29.1 Å². The van der Waals surface area contributed by atoms with Crippen LogP contribution in [0, 0.1) is 13.8 Å². The van der Waals surface area contributed by atoms with Gasteiger partial charge in [0.15, 0.2) is 6.61 Å². The molecule has 0 bridgehead atoms. The number of carbonyl (C=O) groups is 2. The Labute approximate surface area is 146 Å². The quantitative estimate of drug-likeness (QED) is 0.844. The van der Waals surface area contributed by atoms with E-state index in [1.54, 1.807) is 30.3 Å². The van der Waals surface area contributed by atoms with Crippen LogP contribution in [-0.4, -0.2) is 25.0 Å². The van der Waals surface area contributed by atoms with Gasteiger partial charge >= 0.3 is 0 Å². The molecule has 6 heteroatoms. The van der Waals surface area contributed by atoms with Crippen molar-refractivity contribution in [3.05, 3.63) is 58.6 Å². The molecule has 0 spiro atoms. The predicted octanol–water partition coefficient (Wildman–Crippen LogP) is 3.09. The number of benzene rings is 2. The van der Waals surface area contributed by atoms with Crippen molar-refractivity contribution in [3.8, 4) is 5.75 Å². The second kappa shape index (κ2) is 8.36. The van der Waals surface area contributed by atoms with Gasteiger partial charge in [-0.15, -0.1) is 0 Å². The van der Waals surface area contributed by atoms with Gasteiger partial charge in [0.25, 0.3) is 5.91 Å². The molecular weight excluding hydrogens is 328 g/mol. The van der Waals surface area contributed by atoms with Gasteiger partial charge in [0.05, 0.1) is 6.54 Å². The number of amides is 2. The molecule has 0 atom stereocenters. The maximum Gasteiger partial charge on any atom is 0.258 e. The van der Waals surface area contributed by atoms with Crippen molar-refractivity contribution in [1.29, 1.82) is 0 Å². The third-order valence-corrected chi connectivity index (χ3v) is 3.79. The van der Waals surface area contributed by atoms with E-state index < -0.39 is 0 Å². The van der Waals surface area contributed by atoms with E-state index in [1.807, 2.05) is 26.0 Å². The smallest absolute Gasteiger partial charge is 0.258 e. The second-order valence-electron chi connectivity index (χ2n) is 5.34. The van der Waals surface area contributed by atoms with Gasteiger partial charge in [-0.2, -0.15) is 0 Å².